The summed E-state index contributed by atoms with van der Waals surface area (Å²) in [6.45, 7) is -0.133. The molecule has 1 heterocycles. The molecule has 0 aliphatic rings. The lowest BCUT2D eigenvalue weighted by Crippen LogP contribution is -2.38. The standard InChI is InChI=1S/C13H15ClN2O4S3/c1-22(17,18)16(12-6-3-2-5-11(12)14)9-8-15-23(19,20)13-7-4-10-21-13/h2-7,10,15H,8-9H2,1H3. The van der Waals surface area contributed by atoms with Crippen LogP contribution < -0.4 is 9.03 Å². The van der Waals surface area contributed by atoms with E-state index >= 15 is 0 Å². The van der Waals surface area contributed by atoms with Gasteiger partial charge in [0.2, 0.25) is 20.0 Å². The summed E-state index contributed by atoms with van der Waals surface area (Å²) in [6.07, 6.45) is 1.05. The molecule has 0 bridgehead atoms. The Balaban J connectivity index is 2.14. The Bertz CT molecular complexity index is 864. The molecule has 10 heteroatoms. The van der Waals surface area contributed by atoms with E-state index in [1.54, 1.807) is 35.7 Å². The van der Waals surface area contributed by atoms with E-state index in [-0.39, 0.29) is 22.3 Å². The van der Waals surface area contributed by atoms with Crippen molar-refractivity contribution in [3.05, 3.63) is 46.8 Å². The van der Waals surface area contributed by atoms with Crippen molar-refractivity contribution in [2.24, 2.45) is 0 Å². The average molecular weight is 395 g/mol. The van der Waals surface area contributed by atoms with E-state index in [4.69, 9.17) is 11.6 Å². The number of rotatable bonds is 7. The molecule has 0 saturated heterocycles. The third kappa shape index (κ3) is 4.67. The monoisotopic (exact) mass is 394 g/mol. The number of hydrogen-bond donors (Lipinski definition) is 1. The average Bonchev–Trinajstić information content (AvgIpc) is 2.98. The third-order valence-corrected chi connectivity index (χ3v) is 7.25. The maximum absolute atomic E-state index is 12.0. The molecule has 0 saturated carbocycles. The van der Waals surface area contributed by atoms with Crippen LogP contribution in [0.2, 0.25) is 5.02 Å². The van der Waals surface area contributed by atoms with Gasteiger partial charge in [-0.25, -0.2) is 21.6 Å². The minimum absolute atomic E-state index is 0.0623. The molecule has 2 rings (SSSR count). The van der Waals surface area contributed by atoms with Crippen molar-refractivity contribution in [3.63, 3.8) is 0 Å². The van der Waals surface area contributed by atoms with Crippen molar-refractivity contribution >= 4 is 48.7 Å². The van der Waals surface area contributed by atoms with Gasteiger partial charge in [-0.1, -0.05) is 29.8 Å². The van der Waals surface area contributed by atoms with Crippen LogP contribution in [-0.2, 0) is 20.0 Å². The molecule has 0 spiro atoms. The second-order valence-electron chi connectivity index (χ2n) is 4.62. The van der Waals surface area contributed by atoms with Gasteiger partial charge in [0.05, 0.1) is 17.0 Å². The first-order chi connectivity index (χ1) is 10.7. The fraction of sp³-hybridized carbons (Fsp3) is 0.231. The molecular weight excluding hydrogens is 380 g/mol. The third-order valence-electron chi connectivity index (χ3n) is 2.89. The summed E-state index contributed by atoms with van der Waals surface area (Å²) < 4.78 is 51.6. The second-order valence-corrected chi connectivity index (χ2v) is 9.87. The number of hydrogen-bond acceptors (Lipinski definition) is 5. The number of nitrogens with zero attached hydrogens (tertiary/aromatic N) is 1. The first-order valence-electron chi connectivity index (χ1n) is 6.47. The van der Waals surface area contributed by atoms with Crippen molar-refractivity contribution < 1.29 is 16.8 Å². The van der Waals surface area contributed by atoms with Gasteiger partial charge in [0, 0.05) is 13.1 Å². The molecule has 0 radical (unpaired) electrons. The summed E-state index contributed by atoms with van der Waals surface area (Å²) in [4.78, 5) is 0. The fourth-order valence-electron chi connectivity index (χ4n) is 1.89. The maximum atomic E-state index is 12.0. The molecule has 0 atom stereocenters. The molecule has 0 fully saturated rings. The summed E-state index contributed by atoms with van der Waals surface area (Å²) >= 11 is 7.12. The zero-order valence-electron chi connectivity index (χ0n) is 12.1. The molecule has 1 aromatic heterocycles. The highest BCUT2D eigenvalue weighted by Gasteiger charge is 2.21. The largest absolute Gasteiger partial charge is 0.268 e. The molecule has 126 valence electrons. The minimum Gasteiger partial charge on any atom is -0.268 e. The lowest BCUT2D eigenvalue weighted by Gasteiger charge is -2.23. The smallest absolute Gasteiger partial charge is 0.250 e. The molecular formula is C13H15ClN2O4S3. The second kappa shape index (κ2) is 7.18. The van der Waals surface area contributed by atoms with Crippen LogP contribution in [0.5, 0.6) is 0 Å². The van der Waals surface area contributed by atoms with Gasteiger partial charge in [0.15, 0.2) is 0 Å². The van der Waals surface area contributed by atoms with E-state index in [0.29, 0.717) is 5.69 Å². The first kappa shape index (κ1) is 18.2. The molecule has 0 unspecified atom stereocenters. The summed E-state index contributed by atoms with van der Waals surface area (Å²) in [5, 5.41) is 1.93. The minimum atomic E-state index is -3.64. The van der Waals surface area contributed by atoms with Crippen LogP contribution in [0, 0.1) is 0 Å². The van der Waals surface area contributed by atoms with Crippen LogP contribution in [0.1, 0.15) is 0 Å². The van der Waals surface area contributed by atoms with Crippen molar-refractivity contribution in [1.29, 1.82) is 0 Å². The highest BCUT2D eigenvalue weighted by atomic mass is 35.5. The van der Waals surface area contributed by atoms with Gasteiger partial charge in [0.25, 0.3) is 0 Å². The first-order valence-corrected chi connectivity index (χ1v) is 11.1. The molecule has 2 aromatic rings. The molecule has 1 aromatic carbocycles. The Morgan fingerprint density at radius 1 is 1.13 bits per heavy atom. The molecule has 6 nitrogen and oxygen atoms in total. The predicted octanol–water partition coefficient (Wildman–Crippen LogP) is 2.15. The molecule has 0 aliphatic carbocycles. The topological polar surface area (TPSA) is 83.6 Å². The van der Waals surface area contributed by atoms with Gasteiger partial charge in [-0.3, -0.25) is 4.31 Å². The normalized spacial score (nSPS) is 12.3. The van der Waals surface area contributed by atoms with Crippen LogP contribution >= 0.6 is 22.9 Å². The van der Waals surface area contributed by atoms with Crippen molar-refractivity contribution in [3.8, 4) is 0 Å². The lowest BCUT2D eigenvalue weighted by atomic mass is 10.3. The zero-order valence-corrected chi connectivity index (χ0v) is 15.3. The Hall–Kier alpha value is -1.13. The van der Waals surface area contributed by atoms with E-state index in [1.165, 1.54) is 6.07 Å². The van der Waals surface area contributed by atoms with Crippen LogP contribution in [0.4, 0.5) is 5.69 Å². The van der Waals surface area contributed by atoms with Crippen LogP contribution in [0.25, 0.3) is 0 Å². The molecule has 1 N–H and O–H groups in total. The van der Waals surface area contributed by atoms with Crippen molar-refractivity contribution in [2.45, 2.75) is 4.21 Å². The van der Waals surface area contributed by atoms with E-state index < -0.39 is 20.0 Å². The number of sulfonamides is 2. The number of halogens is 1. The number of para-hydroxylation sites is 1. The van der Waals surface area contributed by atoms with Gasteiger partial charge in [-0.2, -0.15) is 0 Å². The van der Waals surface area contributed by atoms with Gasteiger partial charge in [-0.15, -0.1) is 11.3 Å². The van der Waals surface area contributed by atoms with Crippen LogP contribution in [-0.4, -0.2) is 36.2 Å². The Morgan fingerprint density at radius 2 is 1.83 bits per heavy atom. The molecule has 0 amide bonds. The van der Waals surface area contributed by atoms with E-state index in [9.17, 15) is 16.8 Å². The predicted molar refractivity (Wildman–Crippen MR) is 93.1 cm³/mol. The van der Waals surface area contributed by atoms with Crippen LogP contribution in [0.3, 0.4) is 0 Å². The maximum Gasteiger partial charge on any atom is 0.250 e. The van der Waals surface area contributed by atoms with Gasteiger partial charge in [-0.05, 0) is 23.6 Å². The summed E-state index contributed by atoms with van der Waals surface area (Å²) in [6, 6.07) is 9.60. The van der Waals surface area contributed by atoms with Crippen LogP contribution in [0.15, 0.2) is 46.0 Å². The van der Waals surface area contributed by atoms with Gasteiger partial charge < -0.3 is 0 Å². The fourth-order valence-corrected chi connectivity index (χ4v) is 5.17. The summed E-state index contributed by atoms with van der Waals surface area (Å²) in [5.74, 6) is 0. The van der Waals surface area contributed by atoms with E-state index in [0.717, 1.165) is 21.9 Å². The number of anilines is 1. The summed E-state index contributed by atoms with van der Waals surface area (Å²) in [5.41, 5.74) is 0.312. The Labute approximate surface area is 144 Å². The Morgan fingerprint density at radius 3 is 2.39 bits per heavy atom. The highest BCUT2D eigenvalue weighted by molar-refractivity contribution is 7.92. The number of benzene rings is 1. The number of thiophene rings is 1. The van der Waals surface area contributed by atoms with E-state index in [2.05, 4.69) is 4.72 Å². The Kier molecular flexibility index (Phi) is 5.69. The number of nitrogens with one attached hydrogen (secondary N) is 1. The summed E-state index contributed by atoms with van der Waals surface area (Å²) in [7, 11) is -7.23. The van der Waals surface area contributed by atoms with Crippen molar-refractivity contribution in [1.82, 2.24) is 4.72 Å². The SMILES string of the molecule is CS(=O)(=O)N(CCNS(=O)(=O)c1cccs1)c1ccccc1Cl. The van der Waals surface area contributed by atoms with Crippen molar-refractivity contribution in [2.75, 3.05) is 23.7 Å². The lowest BCUT2D eigenvalue weighted by molar-refractivity contribution is 0.580. The highest BCUT2D eigenvalue weighted by Crippen LogP contribution is 2.26. The van der Waals surface area contributed by atoms with Gasteiger partial charge >= 0.3 is 0 Å². The quantitative estimate of drug-likeness (QED) is 0.779. The zero-order chi connectivity index (χ0) is 17.1. The van der Waals surface area contributed by atoms with E-state index in [1.807, 2.05) is 0 Å². The van der Waals surface area contributed by atoms with Gasteiger partial charge in [0.1, 0.15) is 4.21 Å². The molecule has 23 heavy (non-hydrogen) atoms. The molecule has 0 aliphatic heterocycles.